The maximum absolute atomic E-state index is 12.0. The van der Waals surface area contributed by atoms with Crippen molar-refractivity contribution >= 4 is 28.9 Å². The monoisotopic (exact) mass is 320 g/mol. The third-order valence-corrected chi connectivity index (χ3v) is 3.14. The Balaban J connectivity index is 2.03. The quantitative estimate of drug-likeness (QED) is 0.673. The number of carbonyl (C=O) groups is 1. The minimum Gasteiger partial charge on any atom is -0.479 e. The van der Waals surface area contributed by atoms with E-state index in [9.17, 15) is 14.9 Å². The van der Waals surface area contributed by atoms with Gasteiger partial charge < -0.3 is 10.1 Å². The highest BCUT2D eigenvalue weighted by atomic mass is 35.5. The molecule has 0 spiro atoms. The molecule has 6 nitrogen and oxygen atoms in total. The van der Waals surface area contributed by atoms with Gasteiger partial charge in [0.1, 0.15) is 5.75 Å². The lowest BCUT2D eigenvalue weighted by Gasteiger charge is -2.15. The number of non-ortho nitro benzene ring substituents is 1. The predicted molar refractivity (Wildman–Crippen MR) is 83.3 cm³/mol. The molecule has 1 amide bonds. The Morgan fingerprint density at radius 1 is 1.27 bits per heavy atom. The van der Waals surface area contributed by atoms with E-state index >= 15 is 0 Å². The summed E-state index contributed by atoms with van der Waals surface area (Å²) < 4.78 is 5.45. The average Bonchev–Trinajstić information content (AvgIpc) is 2.50. The topological polar surface area (TPSA) is 81.5 Å². The lowest BCUT2D eigenvalue weighted by molar-refractivity contribution is -0.384. The van der Waals surface area contributed by atoms with Crippen LogP contribution < -0.4 is 10.1 Å². The van der Waals surface area contributed by atoms with E-state index in [0.717, 1.165) is 0 Å². The van der Waals surface area contributed by atoms with Crippen LogP contribution in [0, 0.1) is 10.1 Å². The molecule has 0 fully saturated rings. The van der Waals surface area contributed by atoms with Gasteiger partial charge in [0.25, 0.3) is 11.6 Å². The number of nitro groups is 1. The summed E-state index contributed by atoms with van der Waals surface area (Å²) in [7, 11) is 0. The van der Waals surface area contributed by atoms with Crippen molar-refractivity contribution in [2.75, 3.05) is 5.32 Å². The van der Waals surface area contributed by atoms with Crippen LogP contribution >= 0.6 is 11.6 Å². The molecular weight excluding hydrogens is 308 g/mol. The van der Waals surface area contributed by atoms with Gasteiger partial charge in [-0.3, -0.25) is 14.9 Å². The van der Waals surface area contributed by atoms with Crippen molar-refractivity contribution < 1.29 is 14.5 Å². The molecule has 2 aromatic carbocycles. The third-order valence-electron chi connectivity index (χ3n) is 2.84. The van der Waals surface area contributed by atoms with Gasteiger partial charge in [-0.15, -0.1) is 0 Å². The largest absolute Gasteiger partial charge is 0.479 e. The molecule has 2 rings (SSSR count). The van der Waals surface area contributed by atoms with Crippen molar-refractivity contribution in [3.63, 3.8) is 0 Å². The number of carbonyl (C=O) groups excluding carboxylic acids is 1. The Bertz CT molecular complexity index is 691. The highest BCUT2D eigenvalue weighted by molar-refractivity contribution is 6.32. The second-order valence-corrected chi connectivity index (χ2v) is 4.89. The van der Waals surface area contributed by atoms with Gasteiger partial charge in [0.05, 0.1) is 9.95 Å². The molecule has 0 aliphatic carbocycles. The smallest absolute Gasteiger partial charge is 0.271 e. The zero-order valence-corrected chi connectivity index (χ0v) is 12.4. The normalized spacial score (nSPS) is 11.5. The molecule has 0 heterocycles. The molecule has 0 saturated heterocycles. The number of rotatable bonds is 5. The summed E-state index contributed by atoms with van der Waals surface area (Å²) in [6.45, 7) is 1.57. The second kappa shape index (κ2) is 6.91. The molecule has 0 radical (unpaired) electrons. The number of halogens is 1. The van der Waals surface area contributed by atoms with E-state index in [4.69, 9.17) is 16.3 Å². The van der Waals surface area contributed by atoms with Gasteiger partial charge in [-0.05, 0) is 25.1 Å². The van der Waals surface area contributed by atoms with Crippen LogP contribution in [0.25, 0.3) is 0 Å². The lowest BCUT2D eigenvalue weighted by atomic mass is 10.3. The fraction of sp³-hybridized carbons (Fsp3) is 0.133. The van der Waals surface area contributed by atoms with Crippen molar-refractivity contribution in [3.8, 4) is 5.75 Å². The maximum atomic E-state index is 12.0. The van der Waals surface area contributed by atoms with Gasteiger partial charge in [-0.1, -0.05) is 29.8 Å². The summed E-state index contributed by atoms with van der Waals surface area (Å²) in [5.41, 5.74) is 0.511. The van der Waals surface area contributed by atoms with Crippen molar-refractivity contribution in [2.45, 2.75) is 13.0 Å². The molecule has 22 heavy (non-hydrogen) atoms. The standard InChI is InChI=1S/C15H13ClN2O4/c1-10(15(19)17-11-5-3-2-4-6-11)22-14-8-7-12(18(20)21)9-13(14)16/h2-10H,1H3,(H,17,19)/t10-/m0/s1. The molecule has 0 aliphatic heterocycles. The Morgan fingerprint density at radius 3 is 2.55 bits per heavy atom. The van der Waals surface area contributed by atoms with E-state index in [0.29, 0.717) is 5.69 Å². The third kappa shape index (κ3) is 3.95. The van der Waals surface area contributed by atoms with Gasteiger partial charge >= 0.3 is 0 Å². The first kappa shape index (κ1) is 15.8. The van der Waals surface area contributed by atoms with Gasteiger partial charge in [-0.2, -0.15) is 0 Å². The van der Waals surface area contributed by atoms with Gasteiger partial charge in [0.2, 0.25) is 0 Å². The number of amides is 1. The number of nitrogens with one attached hydrogen (secondary N) is 1. The Morgan fingerprint density at radius 2 is 1.95 bits per heavy atom. The zero-order valence-electron chi connectivity index (χ0n) is 11.7. The molecule has 0 bridgehead atoms. The first-order valence-corrected chi connectivity index (χ1v) is 6.81. The van der Waals surface area contributed by atoms with E-state index in [-0.39, 0.29) is 22.4 Å². The van der Waals surface area contributed by atoms with Crippen molar-refractivity contribution in [2.24, 2.45) is 0 Å². The van der Waals surface area contributed by atoms with E-state index in [1.807, 2.05) is 6.07 Å². The van der Waals surface area contributed by atoms with E-state index in [1.165, 1.54) is 18.2 Å². The maximum Gasteiger partial charge on any atom is 0.271 e. The number of ether oxygens (including phenoxy) is 1. The van der Waals surface area contributed by atoms with Crippen LogP contribution in [0.4, 0.5) is 11.4 Å². The summed E-state index contributed by atoms with van der Waals surface area (Å²) in [5, 5.41) is 13.4. The van der Waals surface area contributed by atoms with Gasteiger partial charge in [0, 0.05) is 17.8 Å². The number of para-hydroxylation sites is 1. The van der Waals surface area contributed by atoms with Crippen LogP contribution in [0.3, 0.4) is 0 Å². The summed E-state index contributed by atoms with van der Waals surface area (Å²) in [4.78, 5) is 22.1. The fourth-order valence-electron chi connectivity index (χ4n) is 1.71. The molecule has 0 aromatic heterocycles. The zero-order chi connectivity index (χ0) is 16.1. The van der Waals surface area contributed by atoms with Crippen LogP contribution in [0.1, 0.15) is 6.92 Å². The highest BCUT2D eigenvalue weighted by Crippen LogP contribution is 2.29. The second-order valence-electron chi connectivity index (χ2n) is 4.49. The van der Waals surface area contributed by atoms with Crippen molar-refractivity contribution in [3.05, 3.63) is 63.7 Å². The lowest BCUT2D eigenvalue weighted by Crippen LogP contribution is -2.30. The Hall–Kier alpha value is -2.60. The molecule has 7 heteroatoms. The van der Waals surface area contributed by atoms with Crippen molar-refractivity contribution in [1.82, 2.24) is 0 Å². The van der Waals surface area contributed by atoms with Crippen LogP contribution in [0.2, 0.25) is 5.02 Å². The van der Waals surface area contributed by atoms with E-state index in [2.05, 4.69) is 5.32 Å². The SMILES string of the molecule is C[C@H](Oc1ccc([N+](=O)[O-])cc1Cl)C(=O)Nc1ccccc1. The minimum absolute atomic E-state index is 0.0774. The van der Waals surface area contributed by atoms with Crippen LogP contribution in [0.5, 0.6) is 5.75 Å². The highest BCUT2D eigenvalue weighted by Gasteiger charge is 2.18. The fourth-order valence-corrected chi connectivity index (χ4v) is 1.93. The average molecular weight is 321 g/mol. The van der Waals surface area contributed by atoms with E-state index in [1.54, 1.807) is 31.2 Å². The Kier molecular flexibility index (Phi) is 4.95. The number of nitrogens with zero attached hydrogens (tertiary/aromatic N) is 1. The molecular formula is C15H13ClN2O4. The van der Waals surface area contributed by atoms with Crippen LogP contribution in [-0.4, -0.2) is 16.9 Å². The summed E-state index contributed by atoms with van der Waals surface area (Å²) in [6.07, 6.45) is -0.806. The summed E-state index contributed by atoms with van der Waals surface area (Å²) in [5.74, 6) is -0.136. The van der Waals surface area contributed by atoms with E-state index < -0.39 is 11.0 Å². The number of benzene rings is 2. The van der Waals surface area contributed by atoms with Gasteiger partial charge in [0.15, 0.2) is 6.10 Å². The molecule has 0 saturated carbocycles. The van der Waals surface area contributed by atoms with Gasteiger partial charge in [-0.25, -0.2) is 0 Å². The minimum atomic E-state index is -0.806. The summed E-state index contributed by atoms with van der Waals surface area (Å²) in [6, 6.07) is 12.8. The molecule has 2 aromatic rings. The number of hydrogen-bond acceptors (Lipinski definition) is 4. The number of nitro benzene ring substituents is 1. The molecule has 1 N–H and O–H groups in total. The molecule has 0 aliphatic rings. The molecule has 0 unspecified atom stereocenters. The van der Waals surface area contributed by atoms with Crippen molar-refractivity contribution in [1.29, 1.82) is 0 Å². The predicted octanol–water partition coefficient (Wildman–Crippen LogP) is 3.65. The Labute approximate surface area is 131 Å². The number of anilines is 1. The van der Waals surface area contributed by atoms with Crippen LogP contribution in [0.15, 0.2) is 48.5 Å². The number of hydrogen-bond donors (Lipinski definition) is 1. The van der Waals surface area contributed by atoms with Crippen LogP contribution in [-0.2, 0) is 4.79 Å². The molecule has 114 valence electrons. The molecule has 1 atom stereocenters. The first-order chi connectivity index (χ1) is 10.5. The first-order valence-electron chi connectivity index (χ1n) is 6.44. The summed E-state index contributed by atoms with van der Waals surface area (Å²) >= 11 is 5.92.